The van der Waals surface area contributed by atoms with Crippen molar-refractivity contribution in [2.75, 3.05) is 7.11 Å². The minimum atomic E-state index is -0.642. The highest BCUT2D eigenvalue weighted by atomic mass is 79.9. The van der Waals surface area contributed by atoms with Gasteiger partial charge in [-0.2, -0.15) is 5.26 Å². The van der Waals surface area contributed by atoms with Crippen LogP contribution in [-0.4, -0.2) is 7.11 Å². The van der Waals surface area contributed by atoms with Crippen LogP contribution < -0.4 is 0 Å². The molecule has 1 atom stereocenters. The monoisotopic (exact) mass is 243 g/mol. The third kappa shape index (κ3) is 2.27. The van der Waals surface area contributed by atoms with Crippen LogP contribution in [0.15, 0.2) is 22.7 Å². The summed E-state index contributed by atoms with van der Waals surface area (Å²) >= 11 is 3.03. The van der Waals surface area contributed by atoms with Gasteiger partial charge in [0.05, 0.1) is 10.5 Å². The number of nitriles is 1. The lowest BCUT2D eigenvalue weighted by atomic mass is 10.1. The van der Waals surface area contributed by atoms with Crippen molar-refractivity contribution in [2.24, 2.45) is 0 Å². The van der Waals surface area contributed by atoms with E-state index in [1.807, 2.05) is 6.07 Å². The van der Waals surface area contributed by atoms with E-state index in [0.29, 0.717) is 10.0 Å². The fourth-order valence-corrected chi connectivity index (χ4v) is 1.34. The van der Waals surface area contributed by atoms with Crippen LogP contribution in [0.1, 0.15) is 11.7 Å². The van der Waals surface area contributed by atoms with Gasteiger partial charge in [0, 0.05) is 7.11 Å². The summed E-state index contributed by atoms with van der Waals surface area (Å²) < 4.78 is 18.0. The average Bonchev–Trinajstić information content (AvgIpc) is 2.13. The van der Waals surface area contributed by atoms with Crippen LogP contribution in [-0.2, 0) is 4.74 Å². The highest BCUT2D eigenvalue weighted by Crippen LogP contribution is 2.22. The number of rotatable bonds is 2. The zero-order valence-corrected chi connectivity index (χ0v) is 8.51. The standard InChI is InChI=1S/C9H7BrFNO/c1-13-9(5-12)6-2-3-8(11)7(10)4-6/h2-4,9H,1H3. The highest BCUT2D eigenvalue weighted by molar-refractivity contribution is 9.10. The van der Waals surface area contributed by atoms with Crippen molar-refractivity contribution in [1.82, 2.24) is 0 Å². The number of halogens is 2. The Morgan fingerprint density at radius 3 is 2.77 bits per heavy atom. The molecule has 1 aromatic carbocycles. The molecule has 68 valence electrons. The van der Waals surface area contributed by atoms with Crippen molar-refractivity contribution in [3.63, 3.8) is 0 Å². The van der Waals surface area contributed by atoms with E-state index in [2.05, 4.69) is 15.9 Å². The second-order valence-corrected chi connectivity index (χ2v) is 3.27. The second kappa shape index (κ2) is 4.35. The van der Waals surface area contributed by atoms with Gasteiger partial charge in [-0.15, -0.1) is 0 Å². The van der Waals surface area contributed by atoms with Crippen LogP contribution in [0, 0.1) is 17.1 Å². The van der Waals surface area contributed by atoms with Crippen molar-refractivity contribution < 1.29 is 9.13 Å². The molecular formula is C9H7BrFNO. The average molecular weight is 244 g/mol. The maximum atomic E-state index is 12.8. The Kier molecular flexibility index (Phi) is 3.40. The first kappa shape index (κ1) is 10.2. The molecule has 0 aliphatic carbocycles. The second-order valence-electron chi connectivity index (χ2n) is 2.42. The molecule has 0 radical (unpaired) electrons. The molecule has 4 heteroatoms. The predicted molar refractivity (Wildman–Crippen MR) is 49.5 cm³/mol. The van der Waals surface area contributed by atoms with Crippen molar-refractivity contribution in [3.8, 4) is 6.07 Å². The molecule has 0 fully saturated rings. The summed E-state index contributed by atoms with van der Waals surface area (Å²) in [4.78, 5) is 0. The first-order valence-electron chi connectivity index (χ1n) is 3.56. The minimum absolute atomic E-state index is 0.335. The van der Waals surface area contributed by atoms with Gasteiger partial charge in [0.2, 0.25) is 0 Å². The lowest BCUT2D eigenvalue weighted by Gasteiger charge is -2.07. The van der Waals surface area contributed by atoms with Gasteiger partial charge in [0.25, 0.3) is 0 Å². The van der Waals surface area contributed by atoms with Gasteiger partial charge in [-0.25, -0.2) is 4.39 Å². The van der Waals surface area contributed by atoms with Crippen molar-refractivity contribution in [2.45, 2.75) is 6.10 Å². The van der Waals surface area contributed by atoms with E-state index in [1.54, 1.807) is 0 Å². The fraction of sp³-hybridized carbons (Fsp3) is 0.222. The fourth-order valence-electron chi connectivity index (χ4n) is 0.939. The van der Waals surface area contributed by atoms with Crippen LogP contribution in [0.3, 0.4) is 0 Å². The first-order chi connectivity index (χ1) is 6.19. The summed E-state index contributed by atoms with van der Waals surface area (Å²) in [7, 11) is 1.44. The van der Waals surface area contributed by atoms with E-state index in [0.717, 1.165) is 0 Å². The molecule has 0 aliphatic rings. The smallest absolute Gasteiger partial charge is 0.168 e. The van der Waals surface area contributed by atoms with Crippen molar-refractivity contribution >= 4 is 15.9 Å². The van der Waals surface area contributed by atoms with Crippen LogP contribution in [0.5, 0.6) is 0 Å². The number of benzene rings is 1. The number of ether oxygens (including phenoxy) is 1. The quantitative estimate of drug-likeness (QED) is 0.801. The molecule has 0 heterocycles. The molecule has 1 rings (SSSR count). The van der Waals surface area contributed by atoms with Gasteiger partial charge in [-0.3, -0.25) is 0 Å². The Balaban J connectivity index is 3.04. The topological polar surface area (TPSA) is 33.0 Å². The van der Waals surface area contributed by atoms with Crippen molar-refractivity contribution in [3.05, 3.63) is 34.1 Å². The molecule has 0 amide bonds. The van der Waals surface area contributed by atoms with Crippen molar-refractivity contribution in [1.29, 1.82) is 5.26 Å². The van der Waals surface area contributed by atoms with Crippen LogP contribution >= 0.6 is 15.9 Å². The molecule has 0 spiro atoms. The number of methoxy groups -OCH3 is 1. The largest absolute Gasteiger partial charge is 0.362 e. The van der Waals surface area contributed by atoms with Crippen LogP contribution in [0.4, 0.5) is 4.39 Å². The Morgan fingerprint density at radius 1 is 1.62 bits per heavy atom. The summed E-state index contributed by atoms with van der Waals surface area (Å²) in [5.74, 6) is -0.350. The third-order valence-electron chi connectivity index (χ3n) is 1.60. The maximum Gasteiger partial charge on any atom is 0.168 e. The molecule has 1 unspecified atom stereocenters. The molecule has 0 bridgehead atoms. The molecule has 2 nitrogen and oxygen atoms in total. The van der Waals surface area contributed by atoms with E-state index in [9.17, 15) is 4.39 Å². The zero-order valence-electron chi connectivity index (χ0n) is 6.92. The molecule has 1 aromatic rings. The van der Waals surface area contributed by atoms with Crippen LogP contribution in [0.2, 0.25) is 0 Å². The van der Waals surface area contributed by atoms with Gasteiger partial charge < -0.3 is 4.74 Å². The SMILES string of the molecule is COC(C#N)c1ccc(F)c(Br)c1. The van der Waals surface area contributed by atoms with E-state index in [4.69, 9.17) is 10.00 Å². The summed E-state index contributed by atoms with van der Waals surface area (Å²) in [6.07, 6.45) is -0.642. The molecule has 0 saturated carbocycles. The normalized spacial score (nSPS) is 12.2. The van der Waals surface area contributed by atoms with Gasteiger partial charge in [0.1, 0.15) is 5.82 Å². The molecule has 0 aliphatic heterocycles. The van der Waals surface area contributed by atoms with Crippen LogP contribution in [0.25, 0.3) is 0 Å². The van der Waals surface area contributed by atoms with Gasteiger partial charge in [-0.1, -0.05) is 6.07 Å². The maximum absolute atomic E-state index is 12.8. The number of hydrogen-bond donors (Lipinski definition) is 0. The summed E-state index contributed by atoms with van der Waals surface area (Å²) in [6, 6.07) is 6.30. The lowest BCUT2D eigenvalue weighted by molar-refractivity contribution is 0.148. The molecule has 0 N–H and O–H groups in total. The van der Waals surface area contributed by atoms with Gasteiger partial charge >= 0.3 is 0 Å². The Hall–Kier alpha value is -0.920. The Bertz CT molecular complexity index is 348. The summed E-state index contributed by atoms with van der Waals surface area (Å²) in [5, 5.41) is 8.66. The lowest BCUT2D eigenvalue weighted by Crippen LogP contribution is -1.98. The molecule has 13 heavy (non-hydrogen) atoms. The first-order valence-corrected chi connectivity index (χ1v) is 4.35. The van der Waals surface area contributed by atoms with E-state index in [1.165, 1.54) is 25.3 Å². The third-order valence-corrected chi connectivity index (χ3v) is 2.21. The minimum Gasteiger partial charge on any atom is -0.362 e. The Labute approximate surface area is 84.1 Å². The summed E-state index contributed by atoms with van der Waals surface area (Å²) in [6.45, 7) is 0. The molecular weight excluding hydrogens is 237 g/mol. The Morgan fingerprint density at radius 2 is 2.31 bits per heavy atom. The zero-order chi connectivity index (χ0) is 9.84. The number of nitrogens with zero attached hydrogens (tertiary/aromatic N) is 1. The molecule has 0 saturated heterocycles. The van der Waals surface area contributed by atoms with Gasteiger partial charge in [0.15, 0.2) is 6.10 Å². The van der Waals surface area contributed by atoms with Gasteiger partial charge in [-0.05, 0) is 33.6 Å². The summed E-state index contributed by atoms with van der Waals surface area (Å²) in [5.41, 5.74) is 0.637. The van der Waals surface area contributed by atoms with E-state index in [-0.39, 0.29) is 5.82 Å². The van der Waals surface area contributed by atoms with E-state index < -0.39 is 6.10 Å². The number of hydrogen-bond acceptors (Lipinski definition) is 2. The molecule has 0 aromatic heterocycles. The highest BCUT2D eigenvalue weighted by Gasteiger charge is 2.10. The predicted octanol–water partition coefficient (Wildman–Crippen LogP) is 2.80. The van der Waals surface area contributed by atoms with E-state index >= 15 is 0 Å².